The van der Waals surface area contributed by atoms with Crippen LogP contribution < -0.4 is 5.73 Å². The molecule has 0 bridgehead atoms. The van der Waals surface area contributed by atoms with Gasteiger partial charge in [0.1, 0.15) is 0 Å². The fourth-order valence-corrected chi connectivity index (χ4v) is 0.794. The van der Waals surface area contributed by atoms with Gasteiger partial charge in [0.05, 0.1) is 6.61 Å². The Morgan fingerprint density at radius 1 is 1.50 bits per heavy atom. The molecule has 54 valence electrons. The van der Waals surface area contributed by atoms with Crippen LogP contribution in [0.2, 0.25) is 0 Å². The minimum Gasteiger partial charge on any atom is -0.392 e. The second-order valence-corrected chi connectivity index (χ2v) is 2.01. The van der Waals surface area contributed by atoms with Gasteiger partial charge in [-0.15, -0.1) is 0 Å². The predicted octanol–water partition coefficient (Wildman–Crippen LogP) is 0.0326. The lowest BCUT2D eigenvalue weighted by molar-refractivity contribution is 0.280. The lowest BCUT2D eigenvalue weighted by atomic mass is 10.1. The standard InChI is InChI=1S/C7H10N2O/c8-3-7-4-9-2-1-6(7)5-10/h1-2,4,10H,3,5,8H2. The molecule has 0 saturated carbocycles. The first-order valence-electron chi connectivity index (χ1n) is 3.11. The van der Waals surface area contributed by atoms with Gasteiger partial charge in [-0.3, -0.25) is 4.98 Å². The number of nitrogens with zero attached hydrogens (tertiary/aromatic N) is 1. The molecule has 1 aromatic heterocycles. The molecule has 0 aliphatic heterocycles. The van der Waals surface area contributed by atoms with Crippen LogP contribution in [0.4, 0.5) is 0 Å². The highest BCUT2D eigenvalue weighted by atomic mass is 16.3. The topological polar surface area (TPSA) is 59.1 Å². The van der Waals surface area contributed by atoms with Gasteiger partial charge in [0, 0.05) is 18.9 Å². The molecule has 0 aliphatic rings. The van der Waals surface area contributed by atoms with E-state index in [9.17, 15) is 0 Å². The van der Waals surface area contributed by atoms with Crippen LogP contribution in [-0.2, 0) is 13.2 Å². The summed E-state index contributed by atoms with van der Waals surface area (Å²) >= 11 is 0. The molecule has 0 fully saturated rings. The van der Waals surface area contributed by atoms with Crippen molar-refractivity contribution >= 4 is 0 Å². The number of aliphatic hydroxyl groups is 1. The molecule has 1 aromatic rings. The highest BCUT2D eigenvalue weighted by molar-refractivity contribution is 5.21. The van der Waals surface area contributed by atoms with Gasteiger partial charge in [-0.25, -0.2) is 0 Å². The van der Waals surface area contributed by atoms with Crippen LogP contribution in [0.3, 0.4) is 0 Å². The van der Waals surface area contributed by atoms with E-state index in [1.807, 2.05) is 0 Å². The van der Waals surface area contributed by atoms with Gasteiger partial charge in [-0.2, -0.15) is 0 Å². The summed E-state index contributed by atoms with van der Waals surface area (Å²) in [5.74, 6) is 0. The molecular weight excluding hydrogens is 128 g/mol. The van der Waals surface area contributed by atoms with Crippen molar-refractivity contribution in [3.8, 4) is 0 Å². The number of nitrogens with two attached hydrogens (primary N) is 1. The van der Waals surface area contributed by atoms with Crippen LogP contribution in [0.5, 0.6) is 0 Å². The van der Waals surface area contributed by atoms with Gasteiger partial charge in [0.15, 0.2) is 0 Å². The average molecular weight is 138 g/mol. The molecule has 0 spiro atoms. The van der Waals surface area contributed by atoms with Crippen LogP contribution >= 0.6 is 0 Å². The van der Waals surface area contributed by atoms with Crippen molar-refractivity contribution in [2.24, 2.45) is 5.73 Å². The van der Waals surface area contributed by atoms with Crippen molar-refractivity contribution in [2.45, 2.75) is 13.2 Å². The summed E-state index contributed by atoms with van der Waals surface area (Å²) in [6.07, 6.45) is 3.32. The highest BCUT2D eigenvalue weighted by Crippen LogP contribution is 2.04. The molecule has 1 heterocycles. The fraction of sp³-hybridized carbons (Fsp3) is 0.286. The van der Waals surface area contributed by atoms with Gasteiger partial charge in [0.25, 0.3) is 0 Å². The van der Waals surface area contributed by atoms with Crippen LogP contribution in [0.25, 0.3) is 0 Å². The third kappa shape index (κ3) is 1.32. The predicted molar refractivity (Wildman–Crippen MR) is 38.1 cm³/mol. The lowest BCUT2D eigenvalue weighted by Crippen LogP contribution is -2.01. The summed E-state index contributed by atoms with van der Waals surface area (Å²) in [5.41, 5.74) is 7.14. The van der Waals surface area contributed by atoms with Gasteiger partial charge in [0.2, 0.25) is 0 Å². The fourth-order valence-electron chi connectivity index (χ4n) is 0.794. The van der Waals surface area contributed by atoms with E-state index in [4.69, 9.17) is 10.8 Å². The summed E-state index contributed by atoms with van der Waals surface area (Å²) < 4.78 is 0. The minimum atomic E-state index is 0.0368. The molecule has 0 saturated heterocycles. The largest absolute Gasteiger partial charge is 0.392 e. The third-order valence-corrected chi connectivity index (χ3v) is 1.39. The number of hydrogen-bond acceptors (Lipinski definition) is 3. The Kier molecular flexibility index (Phi) is 2.36. The quantitative estimate of drug-likeness (QED) is 0.606. The van der Waals surface area contributed by atoms with Gasteiger partial charge < -0.3 is 10.8 Å². The van der Waals surface area contributed by atoms with E-state index in [1.54, 1.807) is 18.5 Å². The Hall–Kier alpha value is -0.930. The summed E-state index contributed by atoms with van der Waals surface area (Å²) in [6, 6.07) is 1.77. The Bertz CT molecular complexity index is 190. The first kappa shape index (κ1) is 7.18. The molecule has 10 heavy (non-hydrogen) atoms. The zero-order chi connectivity index (χ0) is 7.40. The van der Waals surface area contributed by atoms with E-state index < -0.39 is 0 Å². The van der Waals surface area contributed by atoms with Crippen LogP contribution in [0, 0.1) is 0 Å². The van der Waals surface area contributed by atoms with E-state index >= 15 is 0 Å². The number of aromatic nitrogens is 1. The minimum absolute atomic E-state index is 0.0368. The maximum absolute atomic E-state index is 8.77. The van der Waals surface area contributed by atoms with Crippen molar-refractivity contribution in [1.82, 2.24) is 4.98 Å². The molecule has 0 radical (unpaired) electrons. The zero-order valence-corrected chi connectivity index (χ0v) is 5.62. The maximum Gasteiger partial charge on any atom is 0.0686 e. The monoisotopic (exact) mass is 138 g/mol. The number of hydrogen-bond donors (Lipinski definition) is 2. The summed E-state index contributed by atoms with van der Waals surface area (Å²) in [5, 5.41) is 8.77. The third-order valence-electron chi connectivity index (χ3n) is 1.39. The number of pyridine rings is 1. The Balaban J connectivity index is 2.96. The Morgan fingerprint density at radius 2 is 2.30 bits per heavy atom. The average Bonchev–Trinajstić information content (AvgIpc) is 2.04. The van der Waals surface area contributed by atoms with Crippen molar-refractivity contribution in [2.75, 3.05) is 0 Å². The first-order chi connectivity index (χ1) is 4.88. The summed E-state index contributed by atoms with van der Waals surface area (Å²) in [6.45, 7) is 0.471. The molecule has 3 heteroatoms. The summed E-state index contributed by atoms with van der Waals surface area (Å²) in [4.78, 5) is 3.87. The van der Waals surface area contributed by atoms with Gasteiger partial charge >= 0.3 is 0 Å². The van der Waals surface area contributed by atoms with Crippen molar-refractivity contribution < 1.29 is 5.11 Å². The molecule has 0 amide bonds. The number of rotatable bonds is 2. The van der Waals surface area contributed by atoms with E-state index in [0.717, 1.165) is 11.1 Å². The molecule has 0 aliphatic carbocycles. The lowest BCUT2D eigenvalue weighted by Gasteiger charge is -2.01. The van der Waals surface area contributed by atoms with E-state index in [1.165, 1.54) is 0 Å². The highest BCUT2D eigenvalue weighted by Gasteiger charge is 1.96. The second-order valence-electron chi connectivity index (χ2n) is 2.01. The molecular formula is C7H10N2O. The molecule has 0 atom stereocenters. The number of aliphatic hydroxyl groups excluding tert-OH is 1. The van der Waals surface area contributed by atoms with Crippen LogP contribution in [-0.4, -0.2) is 10.1 Å². The van der Waals surface area contributed by atoms with Crippen molar-refractivity contribution in [1.29, 1.82) is 0 Å². The molecule has 3 N–H and O–H groups in total. The molecule has 0 aromatic carbocycles. The Labute approximate surface area is 59.5 Å². The molecule has 1 rings (SSSR count). The van der Waals surface area contributed by atoms with Gasteiger partial charge in [-0.05, 0) is 17.2 Å². The first-order valence-corrected chi connectivity index (χ1v) is 3.11. The molecule has 3 nitrogen and oxygen atoms in total. The van der Waals surface area contributed by atoms with Crippen LogP contribution in [0.15, 0.2) is 18.5 Å². The normalized spacial score (nSPS) is 9.80. The van der Waals surface area contributed by atoms with Gasteiger partial charge in [-0.1, -0.05) is 0 Å². The van der Waals surface area contributed by atoms with Crippen molar-refractivity contribution in [3.63, 3.8) is 0 Å². The van der Waals surface area contributed by atoms with Crippen molar-refractivity contribution in [3.05, 3.63) is 29.6 Å². The summed E-state index contributed by atoms with van der Waals surface area (Å²) in [7, 11) is 0. The van der Waals surface area contributed by atoms with E-state index in [2.05, 4.69) is 4.98 Å². The smallest absolute Gasteiger partial charge is 0.0686 e. The Morgan fingerprint density at radius 3 is 2.80 bits per heavy atom. The molecule has 0 unspecified atom stereocenters. The SMILES string of the molecule is NCc1cnccc1CO. The van der Waals surface area contributed by atoms with E-state index in [0.29, 0.717) is 6.54 Å². The van der Waals surface area contributed by atoms with Crippen LogP contribution in [0.1, 0.15) is 11.1 Å². The second kappa shape index (κ2) is 3.29. The van der Waals surface area contributed by atoms with E-state index in [-0.39, 0.29) is 6.61 Å². The zero-order valence-electron chi connectivity index (χ0n) is 5.62. The maximum atomic E-state index is 8.77.